The number of phenols is 4. The van der Waals surface area contributed by atoms with Crippen LogP contribution in [-0.4, -0.2) is 160 Å². The van der Waals surface area contributed by atoms with E-state index in [9.17, 15) is 55.5 Å². The Balaban J connectivity index is 0.000000138. The number of aromatic hydroxyl groups is 4. The van der Waals surface area contributed by atoms with Gasteiger partial charge in [-0.2, -0.15) is 45.3 Å². The van der Waals surface area contributed by atoms with E-state index < -0.39 is 40.7 Å². The first-order valence-corrected chi connectivity index (χ1v) is 44.5. The van der Waals surface area contributed by atoms with Crippen molar-refractivity contribution < 1.29 is 55.5 Å². The maximum Gasteiger partial charge on any atom is 0.194 e. The lowest BCUT2D eigenvalue weighted by atomic mass is 9.95. The number of thiophene rings is 4. The minimum atomic E-state index is -1.43. The molecule has 4 aliphatic rings. The average molecular weight is 1710 g/mol. The van der Waals surface area contributed by atoms with Gasteiger partial charge in [-0.1, -0.05) is 72.8 Å². The third kappa shape index (κ3) is 22.0. The first-order valence-electron chi connectivity index (χ1n) is 40.7. The van der Waals surface area contributed by atoms with Crippen molar-refractivity contribution in [1.82, 2.24) is 39.2 Å². The molecule has 0 bridgehead atoms. The number of phenolic OH excluding ortho intramolecular Hbond substituents is 4. The van der Waals surface area contributed by atoms with Gasteiger partial charge in [-0.05, 0) is 281 Å². The highest BCUT2D eigenvalue weighted by atomic mass is 32.1. The molecule has 632 valence electrons. The molecule has 12 nitrogen and oxygen atoms in total. The van der Waals surface area contributed by atoms with Gasteiger partial charge in [0.1, 0.15) is 40.4 Å². The van der Waals surface area contributed by atoms with Crippen molar-refractivity contribution >= 4 is 45.3 Å². The van der Waals surface area contributed by atoms with Gasteiger partial charge in [-0.3, -0.25) is 39.2 Å². The first kappa shape index (κ1) is 88.7. The van der Waals surface area contributed by atoms with Crippen LogP contribution in [0, 0.1) is 46.5 Å². The third-order valence-corrected chi connectivity index (χ3v) is 26.5. The van der Waals surface area contributed by atoms with Crippen LogP contribution in [0.15, 0.2) is 237 Å². The fourth-order valence-electron chi connectivity index (χ4n) is 17.6. The fourth-order valence-corrected chi connectivity index (χ4v) is 20.3. The van der Waals surface area contributed by atoms with Crippen molar-refractivity contribution in [1.29, 1.82) is 0 Å². The van der Waals surface area contributed by atoms with Crippen LogP contribution < -0.4 is 0 Å². The lowest BCUT2D eigenvalue weighted by Gasteiger charge is -2.47. The van der Waals surface area contributed by atoms with E-state index in [1.165, 1.54) is 58.7 Å². The van der Waals surface area contributed by atoms with Crippen molar-refractivity contribution in [2.45, 2.75) is 154 Å². The highest BCUT2D eigenvalue weighted by molar-refractivity contribution is 7.08. The Morgan fingerprint density at radius 3 is 0.883 bits per heavy atom. The summed E-state index contributed by atoms with van der Waals surface area (Å²) in [5, 5.41) is 57.1. The van der Waals surface area contributed by atoms with E-state index in [4.69, 9.17) is 0 Å². The van der Waals surface area contributed by atoms with E-state index in [2.05, 4.69) is 169 Å². The van der Waals surface area contributed by atoms with Crippen molar-refractivity contribution in [2.75, 3.05) is 52.4 Å². The van der Waals surface area contributed by atoms with Gasteiger partial charge < -0.3 is 20.4 Å². The predicted octanol–water partition coefficient (Wildman–Crippen LogP) is 21.7. The molecule has 24 heteroatoms. The summed E-state index contributed by atoms with van der Waals surface area (Å²) in [4.78, 5) is 18.9. The molecule has 4 N–H and O–H groups in total. The number of piperazine rings is 4. The number of benzene rings is 8. The molecule has 12 aromatic rings. The largest absolute Gasteiger partial charge is 0.508 e. The Kier molecular flexibility index (Phi) is 30.1. The van der Waals surface area contributed by atoms with E-state index in [0.29, 0.717) is 49.6 Å². The smallest absolute Gasteiger partial charge is 0.194 e. The first-order chi connectivity index (χ1) is 57.7. The molecule has 8 heterocycles. The van der Waals surface area contributed by atoms with Gasteiger partial charge in [0.25, 0.3) is 0 Å². The molecule has 0 unspecified atom stereocenters. The van der Waals surface area contributed by atoms with Crippen LogP contribution in [0.4, 0.5) is 35.1 Å². The molecular formula is C96H104F8N8O4S4. The number of halogens is 8. The lowest BCUT2D eigenvalue weighted by molar-refractivity contribution is 0.0185. The van der Waals surface area contributed by atoms with Crippen molar-refractivity contribution in [3.8, 4) is 23.0 Å². The Morgan fingerprint density at radius 2 is 0.575 bits per heavy atom. The second-order valence-electron chi connectivity index (χ2n) is 32.5. The molecule has 0 radical (unpaired) electrons. The Morgan fingerprint density at radius 1 is 0.275 bits per heavy atom. The average Bonchev–Trinajstić information content (AvgIpc) is 1.67. The van der Waals surface area contributed by atoms with E-state index >= 15 is 0 Å². The lowest BCUT2D eigenvalue weighted by Crippen LogP contribution is -2.56. The maximum atomic E-state index is 14.2. The molecule has 120 heavy (non-hydrogen) atoms. The van der Waals surface area contributed by atoms with Crippen LogP contribution in [0.1, 0.15) is 146 Å². The number of rotatable bonds is 20. The molecule has 12 atom stereocenters. The summed E-state index contributed by atoms with van der Waals surface area (Å²) in [5.74, 6) is -5.46. The Hall–Kier alpha value is -9.12. The Labute approximate surface area is 715 Å². The second kappa shape index (κ2) is 40.7. The van der Waals surface area contributed by atoms with Gasteiger partial charge in [0.2, 0.25) is 0 Å². The summed E-state index contributed by atoms with van der Waals surface area (Å²) >= 11 is 6.67. The molecule has 0 aliphatic carbocycles. The van der Waals surface area contributed by atoms with E-state index in [0.717, 1.165) is 91.3 Å². The van der Waals surface area contributed by atoms with E-state index in [1.54, 1.807) is 93.9 Å². The van der Waals surface area contributed by atoms with Gasteiger partial charge in [0, 0.05) is 132 Å². The molecule has 4 aromatic heterocycles. The minimum Gasteiger partial charge on any atom is -0.508 e. The zero-order valence-corrected chi connectivity index (χ0v) is 71.8. The van der Waals surface area contributed by atoms with Gasteiger partial charge >= 0.3 is 0 Å². The van der Waals surface area contributed by atoms with Crippen LogP contribution in [0.25, 0.3) is 0 Å². The number of nitrogens with zero attached hydrogens (tertiary/aromatic N) is 8. The quantitative estimate of drug-likeness (QED) is 0.0431. The highest BCUT2D eigenvalue weighted by Crippen LogP contribution is 2.42. The standard InChI is InChI=1S/C24H25F3N2OS.2C24H26F2N2OS.C24H27FN2OS/c1-15-12-29(24(19-6-7-31-14-19)18-4-3-5-20(30)10-18)16(2)11-28(15)13-17-8-21(25)23(27)22(26)9-17;1-16-13-28(17(2)12-27(16)14-21-22(25)7-4-8-23(21)26)24(19-9-10-30-15-19)18-5-3-6-20(29)11-18;1-16-13-28(17(2)12-27(16)14-18-6-7-22(25)23(26)10-18)24(20-8-9-30-15-20)19-4-3-5-21(29)11-19;1-17-14-27(18(2)13-26(17)15-19-5-3-7-22(25)11-19)24(21-9-10-29-16-21)20-6-4-8-23(28)12-20/h3-10,14-16,24,30H,11-13H2,1-2H3;2*3-11,15-17,24,29H,12-14H2,1-2H3;3-12,16-18,24,28H,13-15H2,1-2H3/t15-,16+,24+;2*16-,17+,24+;17-,18+,24+/m1111/s1. The van der Waals surface area contributed by atoms with Crippen molar-refractivity contribution in [3.63, 3.8) is 0 Å². The summed E-state index contributed by atoms with van der Waals surface area (Å²) in [7, 11) is 0. The summed E-state index contributed by atoms with van der Waals surface area (Å²) in [6.07, 6.45) is 0. The van der Waals surface area contributed by atoms with E-state index in [-0.39, 0.29) is 95.6 Å². The zero-order valence-electron chi connectivity index (χ0n) is 68.5. The normalized spacial score (nSPS) is 21.6. The molecular weight excluding hydrogens is 1610 g/mol. The van der Waals surface area contributed by atoms with Gasteiger partial charge in [0.05, 0.1) is 24.2 Å². The van der Waals surface area contributed by atoms with Crippen molar-refractivity contribution in [2.24, 2.45) is 0 Å². The second-order valence-corrected chi connectivity index (χ2v) is 35.6. The SMILES string of the molecule is C[C@@H]1CN([C@H](c2ccsc2)c2cccc(O)c2)[C@@H](C)CN1Cc1c(F)cccc1F.C[C@@H]1CN([C@H](c2ccsc2)c2cccc(O)c2)[C@@H](C)CN1Cc1cc(F)c(F)c(F)c1.C[C@@H]1CN([C@H](c2ccsc2)c2cccc(O)c2)[C@@H](C)CN1Cc1ccc(F)c(F)c1.C[C@@H]1CN([C@H](c2ccsc2)c2cccc(O)c2)[C@@H](C)CN1Cc1cccc(F)c1. The minimum absolute atomic E-state index is 0.00124. The van der Waals surface area contributed by atoms with Gasteiger partial charge in [-0.15, -0.1) is 0 Å². The summed E-state index contributed by atoms with van der Waals surface area (Å²) in [6.45, 7) is 25.7. The third-order valence-electron chi connectivity index (χ3n) is 23.7. The van der Waals surface area contributed by atoms with Gasteiger partial charge in [-0.25, -0.2) is 35.1 Å². The molecule has 0 amide bonds. The molecule has 0 spiro atoms. The maximum absolute atomic E-state index is 14.2. The number of hydrogen-bond acceptors (Lipinski definition) is 16. The molecule has 4 fully saturated rings. The summed E-state index contributed by atoms with van der Waals surface area (Å²) < 4.78 is 109. The van der Waals surface area contributed by atoms with Crippen LogP contribution in [-0.2, 0) is 26.2 Å². The molecule has 8 aromatic carbocycles. The fraction of sp³-hybridized carbons (Fsp3) is 0.333. The molecule has 4 saturated heterocycles. The Bertz CT molecular complexity index is 5230. The zero-order chi connectivity index (χ0) is 85.0. The predicted molar refractivity (Wildman–Crippen MR) is 467 cm³/mol. The van der Waals surface area contributed by atoms with Crippen LogP contribution >= 0.6 is 45.3 Å². The molecule has 16 rings (SSSR count). The monoisotopic (exact) mass is 1710 g/mol. The summed E-state index contributed by atoms with van der Waals surface area (Å²) in [5.41, 5.74) is 11.4. The van der Waals surface area contributed by atoms with Crippen molar-refractivity contribution in [3.05, 3.63) is 350 Å². The summed E-state index contributed by atoms with van der Waals surface area (Å²) in [6, 6.07) is 57.5. The highest BCUT2D eigenvalue weighted by Gasteiger charge is 2.41. The van der Waals surface area contributed by atoms with Gasteiger partial charge in [0.15, 0.2) is 29.1 Å². The topological polar surface area (TPSA) is 107 Å². The van der Waals surface area contributed by atoms with Crippen LogP contribution in [0.2, 0.25) is 0 Å². The van der Waals surface area contributed by atoms with E-state index in [1.807, 2.05) is 66.0 Å². The van der Waals surface area contributed by atoms with Crippen LogP contribution in [0.3, 0.4) is 0 Å². The van der Waals surface area contributed by atoms with Crippen LogP contribution in [0.5, 0.6) is 23.0 Å². The molecule has 0 saturated carbocycles. The molecule has 4 aliphatic heterocycles. The number of hydrogen-bond donors (Lipinski definition) is 4.